The molecule has 178 valence electrons. The lowest BCUT2D eigenvalue weighted by atomic mass is 10.1. The average molecular weight is 463 g/mol. The second-order valence-electron chi connectivity index (χ2n) is 8.45. The van der Waals surface area contributed by atoms with Gasteiger partial charge in [-0.2, -0.15) is 15.1 Å². The Morgan fingerprint density at radius 1 is 1.06 bits per heavy atom. The summed E-state index contributed by atoms with van der Waals surface area (Å²) in [7, 11) is 3.99. The van der Waals surface area contributed by atoms with E-state index in [1.54, 1.807) is 6.07 Å². The lowest BCUT2D eigenvalue weighted by Gasteiger charge is -2.12. The summed E-state index contributed by atoms with van der Waals surface area (Å²) in [6.07, 6.45) is 0. The van der Waals surface area contributed by atoms with Gasteiger partial charge in [-0.3, -0.25) is 5.10 Å². The molecule has 4 rings (SSSR count). The SMILES string of the molecule is CC(C)c1cc(Nc2cc(OCCN(C)C)nc(NCc3cc(-c4ccccc4)no3)n2)n[nH]1. The van der Waals surface area contributed by atoms with Gasteiger partial charge in [-0.15, -0.1) is 0 Å². The van der Waals surface area contributed by atoms with Gasteiger partial charge in [0.25, 0.3) is 0 Å². The van der Waals surface area contributed by atoms with Crippen LogP contribution in [0.1, 0.15) is 31.2 Å². The molecule has 0 aliphatic carbocycles. The predicted molar refractivity (Wildman–Crippen MR) is 131 cm³/mol. The van der Waals surface area contributed by atoms with Crippen LogP contribution in [0.15, 0.2) is 53.1 Å². The number of rotatable bonds is 11. The summed E-state index contributed by atoms with van der Waals surface area (Å²) in [6, 6.07) is 15.5. The maximum Gasteiger partial charge on any atom is 0.228 e. The van der Waals surface area contributed by atoms with Crippen molar-refractivity contribution in [2.75, 3.05) is 37.9 Å². The van der Waals surface area contributed by atoms with E-state index in [1.165, 1.54) is 0 Å². The first-order chi connectivity index (χ1) is 16.5. The van der Waals surface area contributed by atoms with Crippen LogP contribution in [-0.4, -0.2) is 57.5 Å². The second-order valence-corrected chi connectivity index (χ2v) is 8.45. The number of aromatic nitrogens is 5. The topological polar surface area (TPSA) is 117 Å². The van der Waals surface area contributed by atoms with Gasteiger partial charge in [-0.25, -0.2) is 0 Å². The van der Waals surface area contributed by atoms with E-state index in [9.17, 15) is 0 Å². The molecule has 34 heavy (non-hydrogen) atoms. The fourth-order valence-electron chi connectivity index (χ4n) is 3.11. The number of H-pyrrole nitrogens is 1. The fraction of sp³-hybridized carbons (Fsp3) is 0.333. The fourth-order valence-corrected chi connectivity index (χ4v) is 3.11. The van der Waals surface area contributed by atoms with Crippen LogP contribution in [-0.2, 0) is 6.54 Å². The highest BCUT2D eigenvalue weighted by molar-refractivity contribution is 5.59. The van der Waals surface area contributed by atoms with Crippen molar-refractivity contribution >= 4 is 17.6 Å². The molecule has 0 amide bonds. The molecule has 10 heteroatoms. The molecule has 0 unspecified atom stereocenters. The molecule has 3 aromatic heterocycles. The summed E-state index contributed by atoms with van der Waals surface area (Å²) in [4.78, 5) is 11.1. The lowest BCUT2D eigenvalue weighted by Crippen LogP contribution is -2.20. The number of benzene rings is 1. The number of nitrogens with zero attached hydrogens (tertiary/aromatic N) is 5. The molecule has 4 aromatic rings. The van der Waals surface area contributed by atoms with Crippen LogP contribution >= 0.6 is 0 Å². The molecular formula is C24H30N8O2. The van der Waals surface area contributed by atoms with Crippen LogP contribution < -0.4 is 15.4 Å². The van der Waals surface area contributed by atoms with Crippen LogP contribution in [0.25, 0.3) is 11.3 Å². The van der Waals surface area contributed by atoms with Crippen LogP contribution in [0.2, 0.25) is 0 Å². The first kappa shape index (κ1) is 23.2. The molecule has 0 bridgehead atoms. The van der Waals surface area contributed by atoms with Gasteiger partial charge >= 0.3 is 0 Å². The molecule has 0 saturated carbocycles. The molecule has 0 fully saturated rings. The highest BCUT2D eigenvalue weighted by Crippen LogP contribution is 2.23. The Morgan fingerprint density at radius 2 is 1.88 bits per heavy atom. The largest absolute Gasteiger partial charge is 0.476 e. The summed E-state index contributed by atoms with van der Waals surface area (Å²) in [5.41, 5.74) is 2.81. The minimum atomic E-state index is 0.346. The molecule has 0 radical (unpaired) electrons. The number of anilines is 3. The summed E-state index contributed by atoms with van der Waals surface area (Å²) >= 11 is 0. The van der Waals surface area contributed by atoms with E-state index >= 15 is 0 Å². The Hall–Kier alpha value is -3.92. The van der Waals surface area contributed by atoms with Crippen LogP contribution in [0.4, 0.5) is 17.6 Å². The van der Waals surface area contributed by atoms with Crippen LogP contribution in [0.3, 0.4) is 0 Å². The van der Waals surface area contributed by atoms with Gasteiger partial charge in [0, 0.05) is 36.0 Å². The third-order valence-electron chi connectivity index (χ3n) is 5.02. The number of hydrogen-bond acceptors (Lipinski definition) is 9. The maximum atomic E-state index is 5.86. The zero-order valence-electron chi connectivity index (χ0n) is 19.9. The minimum Gasteiger partial charge on any atom is -0.476 e. The van der Waals surface area contributed by atoms with E-state index in [4.69, 9.17) is 9.26 Å². The Bertz CT molecular complexity index is 1190. The Labute approximate surface area is 198 Å². The van der Waals surface area contributed by atoms with Crippen molar-refractivity contribution < 1.29 is 9.26 Å². The molecule has 10 nitrogen and oxygen atoms in total. The van der Waals surface area contributed by atoms with E-state index in [1.807, 2.05) is 61.5 Å². The molecule has 0 atom stereocenters. The van der Waals surface area contributed by atoms with Gasteiger partial charge in [-0.05, 0) is 20.0 Å². The molecule has 0 saturated heterocycles. The van der Waals surface area contributed by atoms with Crippen molar-refractivity contribution in [1.29, 1.82) is 0 Å². The zero-order valence-corrected chi connectivity index (χ0v) is 19.9. The summed E-state index contributed by atoms with van der Waals surface area (Å²) in [6.45, 7) is 5.86. The number of ether oxygens (including phenoxy) is 1. The number of hydrogen-bond donors (Lipinski definition) is 3. The summed E-state index contributed by atoms with van der Waals surface area (Å²) in [5, 5.41) is 17.9. The Balaban J connectivity index is 1.48. The van der Waals surface area contributed by atoms with Crippen molar-refractivity contribution in [1.82, 2.24) is 30.2 Å². The third-order valence-corrected chi connectivity index (χ3v) is 5.02. The zero-order chi connectivity index (χ0) is 23.9. The number of aromatic amines is 1. The lowest BCUT2D eigenvalue weighted by molar-refractivity contribution is 0.254. The third kappa shape index (κ3) is 6.32. The van der Waals surface area contributed by atoms with Gasteiger partial charge in [0.15, 0.2) is 11.6 Å². The first-order valence-electron chi connectivity index (χ1n) is 11.2. The minimum absolute atomic E-state index is 0.346. The summed E-state index contributed by atoms with van der Waals surface area (Å²) in [5.74, 6) is 3.13. The van der Waals surface area contributed by atoms with Crippen molar-refractivity contribution in [3.63, 3.8) is 0 Å². The van der Waals surface area contributed by atoms with Gasteiger partial charge in [0.2, 0.25) is 11.8 Å². The smallest absolute Gasteiger partial charge is 0.228 e. The molecule has 3 heterocycles. The van der Waals surface area contributed by atoms with Crippen molar-refractivity contribution in [3.8, 4) is 17.1 Å². The molecular weight excluding hydrogens is 432 g/mol. The van der Waals surface area contributed by atoms with E-state index in [0.29, 0.717) is 48.3 Å². The standard InChI is InChI=1S/C24H30N8O2/c1-16(2)19-13-22(30-29-19)26-21-14-23(33-11-10-32(3)4)28-24(27-21)25-15-18-12-20(31-34-18)17-8-6-5-7-9-17/h5-9,12-14,16H,10-11,15H2,1-4H3,(H3,25,26,27,28,29,30). The van der Waals surface area contributed by atoms with Crippen LogP contribution in [0, 0.1) is 0 Å². The monoisotopic (exact) mass is 462 g/mol. The van der Waals surface area contributed by atoms with E-state index < -0.39 is 0 Å². The predicted octanol–water partition coefficient (Wildman–Crippen LogP) is 4.27. The van der Waals surface area contributed by atoms with E-state index in [-0.39, 0.29) is 0 Å². The van der Waals surface area contributed by atoms with Crippen molar-refractivity contribution in [2.24, 2.45) is 0 Å². The van der Waals surface area contributed by atoms with E-state index in [2.05, 4.69) is 49.8 Å². The summed E-state index contributed by atoms with van der Waals surface area (Å²) < 4.78 is 11.3. The van der Waals surface area contributed by atoms with Gasteiger partial charge in [-0.1, -0.05) is 49.3 Å². The van der Waals surface area contributed by atoms with Gasteiger partial charge < -0.3 is 24.8 Å². The maximum absolute atomic E-state index is 5.86. The van der Waals surface area contributed by atoms with Crippen molar-refractivity contribution in [2.45, 2.75) is 26.3 Å². The second kappa shape index (κ2) is 10.8. The normalized spacial score (nSPS) is 11.2. The van der Waals surface area contributed by atoms with Crippen molar-refractivity contribution in [3.05, 3.63) is 60.0 Å². The number of nitrogens with one attached hydrogen (secondary N) is 3. The molecule has 1 aromatic carbocycles. The molecule has 0 aliphatic heterocycles. The van der Waals surface area contributed by atoms with Gasteiger partial charge in [0.1, 0.15) is 18.1 Å². The van der Waals surface area contributed by atoms with E-state index in [0.717, 1.165) is 23.5 Å². The van der Waals surface area contributed by atoms with Gasteiger partial charge in [0.05, 0.1) is 6.54 Å². The van der Waals surface area contributed by atoms with Crippen LogP contribution in [0.5, 0.6) is 5.88 Å². The molecule has 3 N–H and O–H groups in total. The quantitative estimate of drug-likeness (QED) is 0.300. The highest BCUT2D eigenvalue weighted by Gasteiger charge is 2.11. The molecule has 0 aliphatic rings. The molecule has 0 spiro atoms. The average Bonchev–Trinajstić information content (AvgIpc) is 3.48. The number of likely N-dealkylation sites (N-methyl/N-ethyl adjacent to an activating group) is 1. The Morgan fingerprint density at radius 3 is 2.62 bits per heavy atom. The Kier molecular flexibility index (Phi) is 7.38. The first-order valence-corrected chi connectivity index (χ1v) is 11.2. The highest BCUT2D eigenvalue weighted by atomic mass is 16.5.